The lowest BCUT2D eigenvalue weighted by atomic mass is 10.2. The Bertz CT molecular complexity index is 371. The molecule has 3 N–H and O–H groups in total. The predicted molar refractivity (Wildman–Crippen MR) is 65.4 cm³/mol. The van der Waals surface area contributed by atoms with Gasteiger partial charge in [0.25, 0.3) is 0 Å². The van der Waals surface area contributed by atoms with Crippen molar-refractivity contribution < 1.29 is 24.2 Å². The van der Waals surface area contributed by atoms with E-state index in [0.717, 1.165) is 0 Å². The molecule has 0 saturated carbocycles. The molecule has 1 rings (SSSR count). The first-order valence-electron chi connectivity index (χ1n) is 6.00. The summed E-state index contributed by atoms with van der Waals surface area (Å²) in [5, 5.41) is 8.83. The highest BCUT2D eigenvalue weighted by molar-refractivity contribution is 5.87. The van der Waals surface area contributed by atoms with Crippen LogP contribution in [0.2, 0.25) is 0 Å². The minimum Gasteiger partial charge on any atom is -0.480 e. The van der Waals surface area contributed by atoms with Crippen molar-refractivity contribution in [2.24, 2.45) is 5.73 Å². The van der Waals surface area contributed by atoms with Gasteiger partial charge in [-0.2, -0.15) is 0 Å². The number of urea groups is 1. The van der Waals surface area contributed by atoms with Crippen LogP contribution >= 0.6 is 0 Å². The number of carboxylic acid groups (broad SMARTS) is 1. The van der Waals surface area contributed by atoms with Crippen LogP contribution < -0.4 is 5.73 Å². The Morgan fingerprint density at radius 2 is 2.11 bits per heavy atom. The zero-order chi connectivity index (χ0) is 14.6. The van der Waals surface area contributed by atoms with Crippen LogP contribution in [0, 0.1) is 0 Å². The first-order chi connectivity index (χ1) is 8.84. The Morgan fingerprint density at radius 3 is 2.58 bits per heavy atom. The van der Waals surface area contributed by atoms with Gasteiger partial charge in [-0.05, 0) is 13.8 Å². The fourth-order valence-corrected chi connectivity index (χ4v) is 1.85. The number of hydrogen-bond donors (Lipinski definition) is 2. The van der Waals surface area contributed by atoms with Crippen LogP contribution in [0.4, 0.5) is 4.79 Å². The quantitative estimate of drug-likeness (QED) is 0.688. The standard InChI is InChI=1S/C11H19N3O5/c1-7(2)14(5-9(15)16)11(18)13-3-4-19-6-8(13)10(12)17/h7-8H,3-6H2,1-2H3,(H2,12,17)(H,15,16). The van der Waals surface area contributed by atoms with Gasteiger partial charge in [0.05, 0.1) is 13.2 Å². The maximum atomic E-state index is 12.3. The average molecular weight is 273 g/mol. The lowest BCUT2D eigenvalue weighted by Crippen LogP contribution is -2.59. The van der Waals surface area contributed by atoms with Crippen LogP contribution in [0.5, 0.6) is 0 Å². The normalized spacial score (nSPS) is 19.3. The molecule has 8 heteroatoms. The third-order valence-corrected chi connectivity index (χ3v) is 2.88. The topological polar surface area (TPSA) is 113 Å². The Hall–Kier alpha value is -1.83. The molecule has 3 amide bonds. The SMILES string of the molecule is CC(C)N(CC(=O)O)C(=O)N1CCOCC1C(N)=O. The Labute approximate surface area is 111 Å². The number of aliphatic carboxylic acids is 1. The van der Waals surface area contributed by atoms with E-state index in [1.165, 1.54) is 9.80 Å². The molecular weight excluding hydrogens is 254 g/mol. The molecular formula is C11H19N3O5. The monoisotopic (exact) mass is 273 g/mol. The smallest absolute Gasteiger partial charge is 0.323 e. The van der Waals surface area contributed by atoms with E-state index in [1.54, 1.807) is 13.8 Å². The molecule has 1 atom stereocenters. The van der Waals surface area contributed by atoms with Crippen LogP contribution in [0.25, 0.3) is 0 Å². The van der Waals surface area contributed by atoms with Crippen LogP contribution in [0.3, 0.4) is 0 Å². The highest BCUT2D eigenvalue weighted by Crippen LogP contribution is 2.12. The summed E-state index contributed by atoms with van der Waals surface area (Å²) in [7, 11) is 0. The van der Waals surface area contributed by atoms with Crippen molar-refractivity contribution in [3.8, 4) is 0 Å². The number of carboxylic acids is 1. The zero-order valence-corrected chi connectivity index (χ0v) is 11.0. The Morgan fingerprint density at radius 1 is 1.47 bits per heavy atom. The summed E-state index contributed by atoms with van der Waals surface area (Å²) in [5.41, 5.74) is 5.23. The van der Waals surface area contributed by atoms with E-state index in [-0.39, 0.29) is 19.2 Å². The summed E-state index contributed by atoms with van der Waals surface area (Å²) < 4.78 is 5.12. The fraction of sp³-hybridized carbons (Fsp3) is 0.727. The number of primary amides is 1. The second kappa shape index (κ2) is 6.37. The number of rotatable bonds is 4. The summed E-state index contributed by atoms with van der Waals surface area (Å²) in [5.74, 6) is -1.77. The number of morpholine rings is 1. The molecule has 1 heterocycles. The van der Waals surface area contributed by atoms with Gasteiger partial charge in [-0.15, -0.1) is 0 Å². The van der Waals surface area contributed by atoms with Crippen molar-refractivity contribution in [3.63, 3.8) is 0 Å². The molecule has 1 unspecified atom stereocenters. The third kappa shape index (κ3) is 3.82. The van der Waals surface area contributed by atoms with Crippen molar-refractivity contribution in [2.75, 3.05) is 26.3 Å². The molecule has 0 aromatic heterocycles. The first kappa shape index (κ1) is 15.2. The van der Waals surface area contributed by atoms with Gasteiger partial charge in [0.1, 0.15) is 12.6 Å². The minimum absolute atomic E-state index is 0.0417. The lowest BCUT2D eigenvalue weighted by Gasteiger charge is -2.38. The second-order valence-corrected chi connectivity index (χ2v) is 4.58. The molecule has 1 fully saturated rings. The van der Waals surface area contributed by atoms with Gasteiger partial charge >= 0.3 is 12.0 Å². The number of nitrogens with zero attached hydrogens (tertiary/aromatic N) is 2. The molecule has 0 bridgehead atoms. The predicted octanol–water partition coefficient (Wildman–Crippen LogP) is -0.912. The third-order valence-electron chi connectivity index (χ3n) is 2.88. The molecule has 19 heavy (non-hydrogen) atoms. The van der Waals surface area contributed by atoms with Gasteiger partial charge in [0.15, 0.2) is 0 Å². The molecule has 0 aliphatic carbocycles. The molecule has 8 nitrogen and oxygen atoms in total. The van der Waals surface area contributed by atoms with Crippen molar-refractivity contribution in [1.82, 2.24) is 9.80 Å². The molecule has 1 saturated heterocycles. The van der Waals surface area contributed by atoms with E-state index in [2.05, 4.69) is 0 Å². The van der Waals surface area contributed by atoms with Crippen molar-refractivity contribution >= 4 is 17.9 Å². The maximum Gasteiger partial charge on any atom is 0.323 e. The van der Waals surface area contributed by atoms with Gasteiger partial charge < -0.3 is 25.4 Å². The summed E-state index contributed by atoms with van der Waals surface area (Å²) in [4.78, 5) is 36.9. The molecule has 1 aliphatic rings. The highest BCUT2D eigenvalue weighted by atomic mass is 16.5. The first-order valence-corrected chi connectivity index (χ1v) is 6.00. The van der Waals surface area contributed by atoms with Crippen LogP contribution in [0.15, 0.2) is 0 Å². The molecule has 0 aromatic rings. The van der Waals surface area contributed by atoms with Gasteiger partial charge in [-0.1, -0.05) is 0 Å². The summed E-state index contributed by atoms with van der Waals surface area (Å²) in [6, 6.07) is -1.65. The summed E-state index contributed by atoms with van der Waals surface area (Å²) in [6.45, 7) is 3.56. The molecule has 1 aliphatic heterocycles. The molecule has 0 aromatic carbocycles. The molecule has 108 valence electrons. The van der Waals surface area contributed by atoms with Crippen molar-refractivity contribution in [2.45, 2.75) is 25.9 Å². The number of amides is 3. The second-order valence-electron chi connectivity index (χ2n) is 4.58. The van der Waals surface area contributed by atoms with E-state index < -0.39 is 30.5 Å². The number of carbonyl (C=O) groups is 3. The summed E-state index contributed by atoms with van der Waals surface area (Å²) in [6.07, 6.45) is 0. The van der Waals surface area contributed by atoms with E-state index in [1.807, 2.05) is 0 Å². The minimum atomic E-state index is -1.11. The number of carbonyl (C=O) groups excluding carboxylic acids is 2. The Balaban J connectivity index is 2.87. The lowest BCUT2D eigenvalue weighted by molar-refractivity contribution is -0.138. The van der Waals surface area contributed by atoms with Gasteiger partial charge in [0.2, 0.25) is 5.91 Å². The van der Waals surface area contributed by atoms with E-state index in [0.29, 0.717) is 6.61 Å². The van der Waals surface area contributed by atoms with E-state index in [4.69, 9.17) is 15.6 Å². The molecule has 0 radical (unpaired) electrons. The zero-order valence-electron chi connectivity index (χ0n) is 11.0. The van der Waals surface area contributed by atoms with Crippen LogP contribution in [-0.2, 0) is 14.3 Å². The van der Waals surface area contributed by atoms with E-state index >= 15 is 0 Å². The summed E-state index contributed by atoms with van der Waals surface area (Å²) >= 11 is 0. The van der Waals surface area contributed by atoms with Crippen LogP contribution in [0.1, 0.15) is 13.8 Å². The van der Waals surface area contributed by atoms with Gasteiger partial charge in [-0.3, -0.25) is 9.59 Å². The number of hydrogen-bond acceptors (Lipinski definition) is 4. The van der Waals surface area contributed by atoms with Gasteiger partial charge in [-0.25, -0.2) is 4.79 Å². The van der Waals surface area contributed by atoms with Crippen molar-refractivity contribution in [1.29, 1.82) is 0 Å². The molecule has 0 spiro atoms. The maximum absolute atomic E-state index is 12.3. The fourth-order valence-electron chi connectivity index (χ4n) is 1.85. The Kier molecular flexibility index (Phi) is 5.11. The highest BCUT2D eigenvalue weighted by Gasteiger charge is 2.35. The number of nitrogens with two attached hydrogens (primary N) is 1. The van der Waals surface area contributed by atoms with Crippen molar-refractivity contribution in [3.05, 3.63) is 0 Å². The van der Waals surface area contributed by atoms with Crippen LogP contribution in [-0.4, -0.2) is 71.2 Å². The number of ether oxygens (including phenoxy) is 1. The average Bonchev–Trinajstić information content (AvgIpc) is 2.34. The van der Waals surface area contributed by atoms with E-state index in [9.17, 15) is 14.4 Å². The largest absolute Gasteiger partial charge is 0.480 e. The van der Waals surface area contributed by atoms with Gasteiger partial charge in [0, 0.05) is 12.6 Å².